The molecule has 0 unspecified atom stereocenters. The summed E-state index contributed by atoms with van der Waals surface area (Å²) in [7, 11) is -2.84. The van der Waals surface area contributed by atoms with Crippen molar-refractivity contribution in [3.05, 3.63) is 34.3 Å². The fourth-order valence-corrected chi connectivity index (χ4v) is 8.85. The molecule has 0 amide bonds. The predicted molar refractivity (Wildman–Crippen MR) is 113 cm³/mol. The Morgan fingerprint density at radius 3 is 1.85 bits per heavy atom. The second-order valence-corrected chi connectivity index (χ2v) is 11.5. The lowest BCUT2D eigenvalue weighted by Gasteiger charge is -2.38. The second kappa shape index (κ2) is 8.05. The van der Waals surface area contributed by atoms with Gasteiger partial charge in [0.05, 0.1) is 0 Å². The summed E-state index contributed by atoms with van der Waals surface area (Å²) in [6.45, 7) is 10.9. The van der Waals surface area contributed by atoms with Crippen LogP contribution in [-0.2, 0) is 4.57 Å². The molecule has 0 spiro atoms. The van der Waals surface area contributed by atoms with Crippen molar-refractivity contribution in [3.63, 3.8) is 0 Å². The van der Waals surface area contributed by atoms with E-state index in [1.807, 2.05) is 0 Å². The topological polar surface area (TPSA) is 35.6 Å². The lowest BCUT2D eigenvalue weighted by molar-refractivity contribution is 0.173. The van der Waals surface area contributed by atoms with Gasteiger partial charge < -0.3 is 0 Å². The van der Waals surface area contributed by atoms with Crippen LogP contribution < -0.4 is 5.09 Å². The molecule has 2 aliphatic rings. The van der Waals surface area contributed by atoms with E-state index in [4.69, 9.17) is 0 Å². The highest BCUT2D eigenvalue weighted by molar-refractivity contribution is 9.10. The van der Waals surface area contributed by atoms with Crippen LogP contribution in [0.25, 0.3) is 0 Å². The molecule has 1 N–H and O–H groups in total. The Bertz CT molecular complexity index is 636. The Hall–Kier alpha value is -0.190. The molecule has 146 valence electrons. The molecular formula is C20H33BrN3OP. The molecule has 1 saturated heterocycles. The number of halogens is 1. The van der Waals surface area contributed by atoms with Crippen molar-refractivity contribution >= 4 is 23.5 Å². The summed E-state index contributed by atoms with van der Waals surface area (Å²) >= 11 is 3.50. The summed E-state index contributed by atoms with van der Waals surface area (Å²) < 4.78 is 20.2. The average Bonchev–Trinajstić information content (AvgIpc) is 2.82. The Morgan fingerprint density at radius 2 is 1.42 bits per heavy atom. The molecule has 26 heavy (non-hydrogen) atoms. The van der Waals surface area contributed by atoms with E-state index in [0.29, 0.717) is 12.1 Å². The highest BCUT2D eigenvalue weighted by atomic mass is 79.9. The van der Waals surface area contributed by atoms with Crippen molar-refractivity contribution in [1.82, 2.24) is 14.4 Å². The lowest BCUT2D eigenvalue weighted by Crippen LogP contribution is -2.43. The van der Waals surface area contributed by atoms with Gasteiger partial charge in [0.1, 0.15) is 0 Å². The van der Waals surface area contributed by atoms with Crippen LogP contribution in [0.15, 0.2) is 28.7 Å². The van der Waals surface area contributed by atoms with E-state index < -0.39 is 7.59 Å². The third-order valence-corrected chi connectivity index (χ3v) is 9.81. The number of rotatable bonds is 5. The molecular weight excluding hydrogens is 409 g/mol. The molecule has 1 saturated carbocycles. The minimum atomic E-state index is -2.84. The summed E-state index contributed by atoms with van der Waals surface area (Å²) in [5, 5.41) is 3.60. The zero-order valence-electron chi connectivity index (χ0n) is 16.7. The van der Waals surface area contributed by atoms with Crippen molar-refractivity contribution in [2.75, 3.05) is 0 Å². The minimum Gasteiger partial charge on any atom is -0.270 e. The smallest absolute Gasteiger partial charge is 0.270 e. The van der Waals surface area contributed by atoms with Gasteiger partial charge in [-0.1, -0.05) is 40.9 Å². The Balaban J connectivity index is 1.96. The SMILES string of the molecule is CC(C)N1[C@@H]2CCCC[C@H]2N(C(C)C)P1(=O)N[C@H](C)c1ccc(Br)cc1. The third kappa shape index (κ3) is 3.71. The average molecular weight is 442 g/mol. The van der Waals surface area contributed by atoms with Gasteiger partial charge in [0.15, 0.2) is 0 Å². The Labute approximate surface area is 167 Å². The van der Waals surface area contributed by atoms with Crippen LogP contribution in [0.1, 0.15) is 71.9 Å². The maximum atomic E-state index is 14.5. The second-order valence-electron chi connectivity index (χ2n) is 8.31. The number of benzene rings is 1. The number of fused-ring (bicyclic) bond motifs is 1. The number of hydrogen-bond donors (Lipinski definition) is 1. The largest absolute Gasteiger partial charge is 0.285 e. The molecule has 2 fully saturated rings. The fourth-order valence-electron chi connectivity index (χ4n) is 4.83. The Kier molecular flexibility index (Phi) is 6.36. The van der Waals surface area contributed by atoms with E-state index in [-0.39, 0.29) is 18.1 Å². The van der Waals surface area contributed by atoms with Gasteiger partial charge in [-0.05, 0) is 65.2 Å². The highest BCUT2D eigenvalue weighted by Crippen LogP contribution is 2.63. The van der Waals surface area contributed by atoms with E-state index in [1.165, 1.54) is 18.4 Å². The van der Waals surface area contributed by atoms with Crippen LogP contribution in [0.3, 0.4) is 0 Å². The monoisotopic (exact) mass is 441 g/mol. The quantitative estimate of drug-likeness (QED) is 0.572. The van der Waals surface area contributed by atoms with E-state index in [9.17, 15) is 4.57 Å². The number of hydrogen-bond acceptors (Lipinski definition) is 1. The van der Waals surface area contributed by atoms with Gasteiger partial charge in [-0.25, -0.2) is 14.4 Å². The lowest BCUT2D eigenvalue weighted by atomic mass is 9.89. The summed E-state index contributed by atoms with van der Waals surface area (Å²) in [5.41, 5.74) is 1.17. The molecule has 1 aromatic rings. The van der Waals surface area contributed by atoms with Crippen molar-refractivity contribution in [2.45, 2.75) is 90.5 Å². The molecule has 1 aromatic carbocycles. The van der Waals surface area contributed by atoms with Gasteiger partial charge in [-0.3, -0.25) is 4.57 Å². The highest BCUT2D eigenvalue weighted by Gasteiger charge is 2.57. The molecule has 1 heterocycles. The molecule has 0 aromatic heterocycles. The zero-order valence-corrected chi connectivity index (χ0v) is 19.1. The zero-order chi connectivity index (χ0) is 19.1. The summed E-state index contributed by atoms with van der Waals surface area (Å²) in [6, 6.07) is 9.70. The molecule has 3 rings (SSSR count). The van der Waals surface area contributed by atoms with Gasteiger partial charge in [-0.15, -0.1) is 0 Å². The first-order valence-electron chi connectivity index (χ1n) is 9.96. The first-order valence-corrected chi connectivity index (χ1v) is 12.4. The van der Waals surface area contributed by atoms with Crippen molar-refractivity contribution in [3.8, 4) is 0 Å². The van der Waals surface area contributed by atoms with E-state index in [1.54, 1.807) is 0 Å². The molecule has 0 bridgehead atoms. The normalized spacial score (nSPS) is 27.8. The molecule has 3 atom stereocenters. The first kappa shape index (κ1) is 20.5. The number of nitrogens with one attached hydrogen (secondary N) is 1. The number of nitrogens with zero attached hydrogens (tertiary/aromatic N) is 2. The van der Waals surface area contributed by atoms with Gasteiger partial charge in [-0.2, -0.15) is 0 Å². The summed E-state index contributed by atoms with van der Waals surface area (Å²) in [5.74, 6) is 0. The van der Waals surface area contributed by atoms with E-state index in [0.717, 1.165) is 17.3 Å². The molecule has 0 radical (unpaired) electrons. The van der Waals surface area contributed by atoms with Crippen molar-refractivity contribution < 1.29 is 4.57 Å². The van der Waals surface area contributed by atoms with Gasteiger partial charge in [0.2, 0.25) is 0 Å². The maximum Gasteiger partial charge on any atom is 0.285 e. The summed E-state index contributed by atoms with van der Waals surface area (Å²) in [6.07, 6.45) is 4.81. The third-order valence-electron chi connectivity index (χ3n) is 5.79. The van der Waals surface area contributed by atoms with Crippen LogP contribution in [0, 0.1) is 0 Å². The van der Waals surface area contributed by atoms with Crippen LogP contribution in [0.2, 0.25) is 0 Å². The van der Waals surface area contributed by atoms with Gasteiger partial charge in [0.25, 0.3) is 7.59 Å². The van der Waals surface area contributed by atoms with E-state index in [2.05, 4.69) is 89.2 Å². The molecule has 4 nitrogen and oxygen atoms in total. The minimum absolute atomic E-state index is 0.0385. The Morgan fingerprint density at radius 1 is 0.962 bits per heavy atom. The van der Waals surface area contributed by atoms with Crippen LogP contribution in [-0.4, -0.2) is 33.5 Å². The van der Waals surface area contributed by atoms with Crippen LogP contribution >= 0.6 is 23.5 Å². The van der Waals surface area contributed by atoms with Gasteiger partial charge >= 0.3 is 0 Å². The van der Waals surface area contributed by atoms with E-state index >= 15 is 0 Å². The summed E-state index contributed by atoms with van der Waals surface area (Å²) in [4.78, 5) is 0. The first-order chi connectivity index (χ1) is 12.3. The fraction of sp³-hybridized carbons (Fsp3) is 0.700. The maximum absolute atomic E-state index is 14.5. The molecule has 1 aliphatic heterocycles. The van der Waals surface area contributed by atoms with Crippen molar-refractivity contribution in [2.24, 2.45) is 0 Å². The molecule has 6 heteroatoms. The van der Waals surface area contributed by atoms with Gasteiger partial charge in [0, 0.05) is 34.7 Å². The van der Waals surface area contributed by atoms with Crippen LogP contribution in [0.4, 0.5) is 0 Å². The van der Waals surface area contributed by atoms with Crippen LogP contribution in [0.5, 0.6) is 0 Å². The molecule has 1 aliphatic carbocycles. The van der Waals surface area contributed by atoms with Crippen molar-refractivity contribution in [1.29, 1.82) is 0 Å². The predicted octanol–water partition coefficient (Wildman–Crippen LogP) is 5.95. The standard InChI is InChI=1S/C20H33BrN3OP/c1-14(2)23-19-8-6-7-9-20(19)24(15(3)4)26(23,25)22-16(5)17-10-12-18(21)13-11-17/h10-16,19-20H,6-9H2,1-5H3,(H,22,25)/t16-,19-,20-/m1/s1.